The quantitative estimate of drug-likeness (QED) is 0.628. The summed E-state index contributed by atoms with van der Waals surface area (Å²) in [5, 5.41) is 0. The van der Waals surface area contributed by atoms with Gasteiger partial charge in [0.15, 0.2) is 0 Å². The van der Waals surface area contributed by atoms with Gasteiger partial charge in [-0.05, 0) is 49.1 Å². The Bertz CT molecular complexity index is 362. The van der Waals surface area contributed by atoms with Crippen molar-refractivity contribution < 1.29 is 0 Å². The van der Waals surface area contributed by atoms with Gasteiger partial charge in [0, 0.05) is 4.47 Å². The second-order valence-corrected chi connectivity index (χ2v) is 4.38. The molecule has 0 atom stereocenters. The van der Waals surface area contributed by atoms with Gasteiger partial charge in [0.1, 0.15) is 0 Å². The summed E-state index contributed by atoms with van der Waals surface area (Å²) in [4.78, 5) is 0. The number of hydrogen-bond donors (Lipinski definition) is 0. The second-order valence-electron chi connectivity index (χ2n) is 3.46. The fourth-order valence-corrected chi connectivity index (χ4v) is 2.39. The highest BCUT2D eigenvalue weighted by atomic mass is 79.9. The summed E-state index contributed by atoms with van der Waals surface area (Å²) in [7, 11) is 0. The predicted octanol–water partition coefficient (Wildman–Crippen LogP) is 3.72. The van der Waals surface area contributed by atoms with Crippen LogP contribution in [-0.2, 0) is 6.42 Å². The summed E-state index contributed by atoms with van der Waals surface area (Å²) < 4.78 is 1.20. The molecular formula is C11H11Br. The molecule has 0 nitrogen and oxygen atoms in total. The average Bonchev–Trinajstić information content (AvgIpc) is 2.29. The Morgan fingerprint density at radius 2 is 2.00 bits per heavy atom. The molecule has 1 aromatic rings. The van der Waals surface area contributed by atoms with Crippen molar-refractivity contribution in [2.24, 2.45) is 0 Å². The van der Waals surface area contributed by atoms with Gasteiger partial charge in [0.25, 0.3) is 0 Å². The zero-order valence-corrected chi connectivity index (χ0v) is 8.90. The number of rotatable bonds is 0. The Hall–Kier alpha value is -0.560. The Kier molecular flexibility index (Phi) is 1.84. The van der Waals surface area contributed by atoms with Crippen LogP contribution in [0.2, 0.25) is 0 Å². The van der Waals surface area contributed by atoms with Crippen LogP contribution >= 0.6 is 15.9 Å². The number of halogens is 1. The Balaban J connectivity index is 2.62. The first-order valence-corrected chi connectivity index (χ1v) is 4.92. The number of fused-ring (bicyclic) bond motifs is 1. The molecule has 2 rings (SSSR count). The normalized spacial score (nSPS) is 14.4. The smallest absolute Gasteiger partial charge is 0.0181 e. The van der Waals surface area contributed by atoms with E-state index in [9.17, 15) is 0 Å². The minimum atomic E-state index is 1.12. The van der Waals surface area contributed by atoms with Gasteiger partial charge >= 0.3 is 0 Å². The molecule has 0 aromatic heterocycles. The lowest BCUT2D eigenvalue weighted by Gasteiger charge is -2.03. The molecule has 0 fully saturated rings. The van der Waals surface area contributed by atoms with Crippen molar-refractivity contribution in [2.45, 2.75) is 20.3 Å². The lowest BCUT2D eigenvalue weighted by Crippen LogP contribution is -1.86. The highest BCUT2D eigenvalue weighted by Gasteiger charge is 2.11. The molecule has 0 saturated carbocycles. The zero-order valence-electron chi connectivity index (χ0n) is 7.32. The molecule has 12 heavy (non-hydrogen) atoms. The van der Waals surface area contributed by atoms with Crippen molar-refractivity contribution in [1.82, 2.24) is 0 Å². The standard InChI is InChI=1S/C11H11Br/c1-7-3-9-6-10(12)5-8(2)11(9)4-7/h4-6H,3H2,1-2H3. The van der Waals surface area contributed by atoms with Crippen LogP contribution in [0.3, 0.4) is 0 Å². The molecule has 1 aromatic carbocycles. The monoisotopic (exact) mass is 222 g/mol. The molecule has 0 heterocycles. The third kappa shape index (κ3) is 1.22. The van der Waals surface area contributed by atoms with Gasteiger partial charge < -0.3 is 0 Å². The maximum absolute atomic E-state index is 3.51. The molecule has 0 N–H and O–H groups in total. The van der Waals surface area contributed by atoms with Crippen LogP contribution in [0.5, 0.6) is 0 Å². The van der Waals surface area contributed by atoms with Gasteiger partial charge in [-0.3, -0.25) is 0 Å². The van der Waals surface area contributed by atoms with Crippen LogP contribution in [0.4, 0.5) is 0 Å². The summed E-state index contributed by atoms with van der Waals surface area (Å²) in [6.45, 7) is 4.35. The fraction of sp³-hybridized carbons (Fsp3) is 0.273. The van der Waals surface area contributed by atoms with Gasteiger partial charge in [-0.15, -0.1) is 0 Å². The van der Waals surface area contributed by atoms with Crippen molar-refractivity contribution in [3.63, 3.8) is 0 Å². The van der Waals surface area contributed by atoms with Gasteiger partial charge in [-0.2, -0.15) is 0 Å². The molecule has 1 aliphatic carbocycles. The Labute approximate surface area is 81.4 Å². The first-order valence-electron chi connectivity index (χ1n) is 4.13. The van der Waals surface area contributed by atoms with Gasteiger partial charge in [-0.1, -0.05) is 27.6 Å². The van der Waals surface area contributed by atoms with E-state index in [4.69, 9.17) is 0 Å². The Morgan fingerprint density at radius 3 is 2.75 bits per heavy atom. The van der Waals surface area contributed by atoms with Crippen molar-refractivity contribution in [2.75, 3.05) is 0 Å². The van der Waals surface area contributed by atoms with Crippen molar-refractivity contribution in [3.8, 4) is 0 Å². The minimum absolute atomic E-state index is 1.12. The molecule has 0 bridgehead atoms. The topological polar surface area (TPSA) is 0 Å². The molecule has 1 heteroatoms. The predicted molar refractivity (Wildman–Crippen MR) is 56.2 cm³/mol. The number of allylic oxidation sites excluding steroid dienone is 1. The third-order valence-corrected chi connectivity index (χ3v) is 2.76. The lowest BCUT2D eigenvalue weighted by molar-refractivity contribution is 1.18. The van der Waals surface area contributed by atoms with Crippen LogP contribution < -0.4 is 0 Å². The molecule has 0 saturated heterocycles. The van der Waals surface area contributed by atoms with Gasteiger partial charge in [0.2, 0.25) is 0 Å². The molecule has 0 spiro atoms. The summed E-state index contributed by atoms with van der Waals surface area (Å²) in [5.41, 5.74) is 5.72. The molecule has 0 radical (unpaired) electrons. The van der Waals surface area contributed by atoms with Crippen LogP contribution in [-0.4, -0.2) is 0 Å². The molecule has 62 valence electrons. The average molecular weight is 223 g/mol. The third-order valence-electron chi connectivity index (χ3n) is 2.30. The van der Waals surface area contributed by atoms with E-state index in [1.54, 1.807) is 0 Å². The molecule has 0 unspecified atom stereocenters. The van der Waals surface area contributed by atoms with E-state index >= 15 is 0 Å². The zero-order chi connectivity index (χ0) is 8.72. The lowest BCUT2D eigenvalue weighted by atomic mass is 10.1. The van der Waals surface area contributed by atoms with Crippen molar-refractivity contribution in [3.05, 3.63) is 38.9 Å². The first kappa shape index (κ1) is 8.06. The fourth-order valence-electron chi connectivity index (χ4n) is 1.77. The molecule has 0 amide bonds. The summed E-state index contributed by atoms with van der Waals surface area (Å²) in [6.07, 6.45) is 3.41. The van der Waals surface area contributed by atoms with Crippen molar-refractivity contribution in [1.29, 1.82) is 0 Å². The molecular weight excluding hydrogens is 212 g/mol. The second kappa shape index (κ2) is 2.74. The van der Waals surface area contributed by atoms with E-state index in [1.165, 1.54) is 26.7 Å². The van der Waals surface area contributed by atoms with E-state index in [1.807, 2.05) is 0 Å². The number of aryl methyl sites for hydroxylation is 1. The summed E-state index contributed by atoms with van der Waals surface area (Å²) in [5.74, 6) is 0. The van der Waals surface area contributed by atoms with E-state index in [-0.39, 0.29) is 0 Å². The maximum Gasteiger partial charge on any atom is 0.0181 e. The number of hydrogen-bond acceptors (Lipinski definition) is 0. The van der Waals surface area contributed by atoms with Crippen molar-refractivity contribution >= 4 is 22.0 Å². The number of benzene rings is 1. The van der Waals surface area contributed by atoms with E-state index in [0.717, 1.165) is 6.42 Å². The van der Waals surface area contributed by atoms with Gasteiger partial charge in [-0.25, -0.2) is 0 Å². The summed E-state index contributed by atoms with van der Waals surface area (Å²) >= 11 is 3.51. The largest absolute Gasteiger partial charge is 0.0683 e. The van der Waals surface area contributed by atoms with Crippen LogP contribution in [0.25, 0.3) is 6.08 Å². The molecule has 1 aliphatic rings. The minimum Gasteiger partial charge on any atom is -0.0683 e. The van der Waals surface area contributed by atoms with Gasteiger partial charge in [0.05, 0.1) is 0 Å². The van der Waals surface area contributed by atoms with E-state index < -0.39 is 0 Å². The Morgan fingerprint density at radius 1 is 1.25 bits per heavy atom. The van der Waals surface area contributed by atoms with Crippen LogP contribution in [0, 0.1) is 6.92 Å². The summed E-state index contributed by atoms with van der Waals surface area (Å²) in [6, 6.07) is 4.39. The molecule has 0 aliphatic heterocycles. The van der Waals surface area contributed by atoms with Crippen LogP contribution in [0.1, 0.15) is 23.6 Å². The highest BCUT2D eigenvalue weighted by Crippen LogP contribution is 2.30. The van der Waals surface area contributed by atoms with E-state index in [0.29, 0.717) is 0 Å². The van der Waals surface area contributed by atoms with E-state index in [2.05, 4.69) is 48.0 Å². The maximum atomic E-state index is 3.51. The first-order chi connectivity index (χ1) is 5.66. The SMILES string of the molecule is CC1=Cc2c(C)cc(Br)cc2C1. The van der Waals surface area contributed by atoms with Crippen LogP contribution in [0.15, 0.2) is 22.2 Å². The highest BCUT2D eigenvalue weighted by molar-refractivity contribution is 9.10.